The third-order valence-corrected chi connectivity index (χ3v) is 6.51. The van der Waals surface area contributed by atoms with Crippen LogP contribution in [0, 0.1) is 11.3 Å². The highest BCUT2D eigenvalue weighted by Gasteiger charge is 2.33. The standard InChI is InChI=1S/C22H43NO4/c1-24-19-26-17-21(18-27-20-25-2)9-12-22(10-5-3-6-11-22)13-16-23-14-7-4-8-15-23/h21H,3-20H2,1-2H3. The first-order chi connectivity index (χ1) is 13.3. The minimum atomic E-state index is 0.362. The third-order valence-electron chi connectivity index (χ3n) is 6.51. The van der Waals surface area contributed by atoms with E-state index in [1.807, 2.05) is 0 Å². The number of rotatable bonds is 14. The molecule has 0 aromatic heterocycles. The number of nitrogens with zero attached hydrogens (tertiary/aromatic N) is 1. The quantitative estimate of drug-likeness (QED) is 0.326. The van der Waals surface area contributed by atoms with Gasteiger partial charge in [0.1, 0.15) is 13.6 Å². The normalized spacial score (nSPS) is 21.0. The number of hydrogen-bond donors (Lipinski definition) is 0. The molecule has 5 nitrogen and oxygen atoms in total. The van der Waals surface area contributed by atoms with E-state index in [2.05, 4.69) is 4.90 Å². The summed E-state index contributed by atoms with van der Waals surface area (Å²) < 4.78 is 21.4. The lowest BCUT2D eigenvalue weighted by molar-refractivity contribution is -0.0807. The van der Waals surface area contributed by atoms with Crippen molar-refractivity contribution < 1.29 is 18.9 Å². The zero-order valence-electron chi connectivity index (χ0n) is 17.9. The van der Waals surface area contributed by atoms with E-state index in [-0.39, 0.29) is 0 Å². The van der Waals surface area contributed by atoms with Gasteiger partial charge >= 0.3 is 0 Å². The lowest BCUT2D eigenvalue weighted by Gasteiger charge is -2.40. The molecule has 0 radical (unpaired) electrons. The summed E-state index contributed by atoms with van der Waals surface area (Å²) >= 11 is 0. The van der Waals surface area contributed by atoms with Crippen molar-refractivity contribution in [2.75, 3.05) is 60.7 Å². The first-order valence-electron chi connectivity index (χ1n) is 11.1. The second-order valence-corrected chi connectivity index (χ2v) is 8.67. The number of likely N-dealkylation sites (tertiary alicyclic amines) is 1. The first kappa shape index (κ1) is 23.1. The van der Waals surface area contributed by atoms with Gasteiger partial charge < -0.3 is 23.8 Å². The van der Waals surface area contributed by atoms with Gasteiger partial charge in [-0.2, -0.15) is 0 Å². The van der Waals surface area contributed by atoms with Crippen LogP contribution in [0.1, 0.15) is 70.6 Å². The molecule has 0 aromatic rings. The summed E-state index contributed by atoms with van der Waals surface area (Å²) in [6.45, 7) is 6.06. The minimum Gasteiger partial charge on any atom is -0.359 e. The molecular weight excluding hydrogens is 342 g/mol. The van der Waals surface area contributed by atoms with Crippen molar-refractivity contribution in [3.63, 3.8) is 0 Å². The van der Waals surface area contributed by atoms with Gasteiger partial charge in [0, 0.05) is 20.1 Å². The van der Waals surface area contributed by atoms with Gasteiger partial charge in [0.05, 0.1) is 13.2 Å². The summed E-state index contributed by atoms with van der Waals surface area (Å²) in [7, 11) is 3.35. The Hall–Kier alpha value is -0.200. The molecule has 1 aliphatic carbocycles. The monoisotopic (exact) mass is 385 g/mol. The van der Waals surface area contributed by atoms with Crippen molar-refractivity contribution in [1.82, 2.24) is 4.90 Å². The van der Waals surface area contributed by atoms with E-state index < -0.39 is 0 Å². The van der Waals surface area contributed by atoms with Crippen LogP contribution in [0.15, 0.2) is 0 Å². The Bertz CT molecular complexity index is 344. The number of piperidine rings is 1. The molecule has 160 valence electrons. The minimum absolute atomic E-state index is 0.362. The highest BCUT2D eigenvalue weighted by atomic mass is 16.7. The zero-order chi connectivity index (χ0) is 19.2. The summed E-state index contributed by atoms with van der Waals surface area (Å²) in [4.78, 5) is 2.71. The van der Waals surface area contributed by atoms with Gasteiger partial charge in [-0.15, -0.1) is 0 Å². The molecule has 2 rings (SSSR count). The Labute approximate surface area is 167 Å². The van der Waals surface area contributed by atoms with E-state index >= 15 is 0 Å². The fraction of sp³-hybridized carbons (Fsp3) is 1.00. The topological polar surface area (TPSA) is 40.2 Å². The molecule has 27 heavy (non-hydrogen) atoms. The van der Waals surface area contributed by atoms with Gasteiger partial charge in [-0.1, -0.05) is 25.7 Å². The van der Waals surface area contributed by atoms with Crippen LogP contribution in [0.2, 0.25) is 0 Å². The predicted octanol–water partition coefficient (Wildman–Crippen LogP) is 4.45. The molecule has 1 aliphatic heterocycles. The lowest BCUT2D eigenvalue weighted by atomic mass is 9.68. The number of ether oxygens (including phenoxy) is 4. The van der Waals surface area contributed by atoms with Crippen LogP contribution in [0.4, 0.5) is 0 Å². The van der Waals surface area contributed by atoms with Gasteiger partial charge in [-0.25, -0.2) is 0 Å². The molecule has 2 aliphatic rings. The van der Waals surface area contributed by atoms with Gasteiger partial charge in [0.25, 0.3) is 0 Å². The SMILES string of the molecule is COCOCC(CCC1(CCN2CCCCC2)CCCCC1)COCOC. The average molecular weight is 386 g/mol. The van der Waals surface area contributed by atoms with Crippen molar-refractivity contribution in [1.29, 1.82) is 0 Å². The molecule has 0 bridgehead atoms. The fourth-order valence-corrected chi connectivity index (χ4v) is 4.83. The molecule has 5 heteroatoms. The van der Waals surface area contributed by atoms with E-state index in [0.717, 1.165) is 0 Å². The highest BCUT2D eigenvalue weighted by molar-refractivity contribution is 4.85. The van der Waals surface area contributed by atoms with Crippen LogP contribution in [0.3, 0.4) is 0 Å². The molecule has 0 unspecified atom stereocenters. The van der Waals surface area contributed by atoms with Crippen LogP contribution < -0.4 is 0 Å². The summed E-state index contributed by atoms with van der Waals surface area (Å²) in [5.41, 5.74) is 0.538. The Morgan fingerprint density at radius 1 is 0.778 bits per heavy atom. The Balaban J connectivity index is 1.82. The van der Waals surface area contributed by atoms with Crippen molar-refractivity contribution in [3.05, 3.63) is 0 Å². The van der Waals surface area contributed by atoms with Gasteiger partial charge in [-0.3, -0.25) is 0 Å². The fourth-order valence-electron chi connectivity index (χ4n) is 4.83. The lowest BCUT2D eigenvalue weighted by Crippen LogP contribution is -2.35. The maximum Gasteiger partial charge on any atom is 0.146 e. The molecular formula is C22H43NO4. The first-order valence-corrected chi connectivity index (χ1v) is 11.1. The average Bonchev–Trinajstić information content (AvgIpc) is 2.72. The Morgan fingerprint density at radius 2 is 1.37 bits per heavy atom. The van der Waals surface area contributed by atoms with Crippen LogP contribution in [-0.2, 0) is 18.9 Å². The van der Waals surface area contributed by atoms with E-state index in [1.165, 1.54) is 90.3 Å². The molecule has 0 aromatic carbocycles. The van der Waals surface area contributed by atoms with Gasteiger partial charge in [0.15, 0.2) is 0 Å². The summed E-state index contributed by atoms with van der Waals surface area (Å²) in [5, 5.41) is 0. The summed E-state index contributed by atoms with van der Waals surface area (Å²) in [5.74, 6) is 0.420. The van der Waals surface area contributed by atoms with Crippen LogP contribution >= 0.6 is 0 Å². The molecule has 0 amide bonds. The maximum absolute atomic E-state index is 5.65. The molecule has 0 atom stereocenters. The van der Waals surface area contributed by atoms with Crippen molar-refractivity contribution in [2.24, 2.45) is 11.3 Å². The number of hydrogen-bond acceptors (Lipinski definition) is 5. The Kier molecular flexibility index (Phi) is 11.9. The Morgan fingerprint density at radius 3 is 1.96 bits per heavy atom. The van der Waals surface area contributed by atoms with Crippen molar-refractivity contribution in [3.8, 4) is 0 Å². The maximum atomic E-state index is 5.65. The smallest absolute Gasteiger partial charge is 0.146 e. The van der Waals surface area contributed by atoms with Crippen LogP contribution in [0.25, 0.3) is 0 Å². The molecule has 2 fully saturated rings. The summed E-state index contributed by atoms with van der Waals surface area (Å²) in [6.07, 6.45) is 15.1. The molecule has 1 saturated heterocycles. The molecule has 0 spiro atoms. The second-order valence-electron chi connectivity index (χ2n) is 8.67. The van der Waals surface area contributed by atoms with E-state index in [4.69, 9.17) is 18.9 Å². The third kappa shape index (κ3) is 9.23. The highest BCUT2D eigenvalue weighted by Crippen LogP contribution is 2.44. The van der Waals surface area contributed by atoms with Crippen LogP contribution in [-0.4, -0.2) is 65.6 Å². The van der Waals surface area contributed by atoms with E-state index in [0.29, 0.717) is 38.1 Å². The van der Waals surface area contributed by atoms with Crippen LogP contribution in [0.5, 0.6) is 0 Å². The van der Waals surface area contributed by atoms with Gasteiger partial charge in [0.2, 0.25) is 0 Å². The second kappa shape index (κ2) is 13.9. The molecule has 0 N–H and O–H groups in total. The summed E-state index contributed by atoms with van der Waals surface area (Å²) in [6, 6.07) is 0. The van der Waals surface area contributed by atoms with Crippen molar-refractivity contribution >= 4 is 0 Å². The zero-order valence-corrected chi connectivity index (χ0v) is 17.9. The van der Waals surface area contributed by atoms with E-state index in [9.17, 15) is 0 Å². The largest absolute Gasteiger partial charge is 0.359 e. The predicted molar refractivity (Wildman–Crippen MR) is 109 cm³/mol. The van der Waals surface area contributed by atoms with Gasteiger partial charge in [-0.05, 0) is 70.0 Å². The molecule has 1 heterocycles. The molecule has 1 saturated carbocycles. The van der Waals surface area contributed by atoms with E-state index in [1.54, 1.807) is 14.2 Å². The number of methoxy groups -OCH3 is 2. The van der Waals surface area contributed by atoms with Crippen molar-refractivity contribution in [2.45, 2.75) is 70.6 Å².